The average Bonchev–Trinajstić information content (AvgIpc) is 3.18. The van der Waals surface area contributed by atoms with Gasteiger partial charge in [-0.2, -0.15) is 0 Å². The molecule has 1 unspecified atom stereocenters. The van der Waals surface area contributed by atoms with Crippen LogP contribution in [0.1, 0.15) is 31.9 Å². The number of furan rings is 1. The lowest BCUT2D eigenvalue weighted by Crippen LogP contribution is -1.97. The Morgan fingerprint density at radius 3 is 3.00 bits per heavy atom. The maximum Gasteiger partial charge on any atom is 0.134 e. The van der Waals surface area contributed by atoms with Gasteiger partial charge >= 0.3 is 0 Å². The van der Waals surface area contributed by atoms with Crippen LogP contribution in [-0.4, -0.2) is 9.97 Å². The fourth-order valence-electron chi connectivity index (χ4n) is 2.05. The molecule has 3 aromatic heterocycles. The van der Waals surface area contributed by atoms with Crippen molar-refractivity contribution in [2.75, 3.05) is 0 Å². The first kappa shape index (κ1) is 13.1. The molecule has 3 heterocycles. The molecule has 0 fully saturated rings. The molecular formula is C16H15N2OS. The lowest BCUT2D eigenvalue weighted by atomic mass is 9.99. The maximum atomic E-state index is 5.56. The smallest absolute Gasteiger partial charge is 0.134 e. The normalized spacial score (nSPS) is 12.5. The molecule has 3 nitrogen and oxygen atoms in total. The topological polar surface area (TPSA) is 38.9 Å². The first-order chi connectivity index (χ1) is 9.79. The molecule has 3 aromatic rings. The summed E-state index contributed by atoms with van der Waals surface area (Å²) in [6.07, 6.45) is 7.76. The first-order valence-electron chi connectivity index (χ1n) is 6.65. The second kappa shape index (κ2) is 5.59. The molecule has 4 heteroatoms. The highest BCUT2D eigenvalue weighted by molar-refractivity contribution is 7.13. The third-order valence-electron chi connectivity index (χ3n) is 3.44. The van der Waals surface area contributed by atoms with Gasteiger partial charge in [0.15, 0.2) is 0 Å². The summed E-state index contributed by atoms with van der Waals surface area (Å²) in [5.74, 6) is 1.26. The Hall–Kier alpha value is -1.94. The van der Waals surface area contributed by atoms with Crippen molar-refractivity contribution in [2.24, 2.45) is 0 Å². The second-order valence-electron chi connectivity index (χ2n) is 4.73. The number of pyridine rings is 1. The first-order valence-corrected chi connectivity index (χ1v) is 7.53. The molecule has 0 amide bonds. The van der Waals surface area contributed by atoms with Crippen LogP contribution in [0.15, 0.2) is 40.6 Å². The second-order valence-corrected chi connectivity index (χ2v) is 5.62. The van der Waals surface area contributed by atoms with E-state index in [4.69, 9.17) is 4.42 Å². The molecule has 3 rings (SSSR count). The van der Waals surface area contributed by atoms with Crippen molar-refractivity contribution in [1.82, 2.24) is 9.97 Å². The van der Waals surface area contributed by atoms with E-state index in [1.54, 1.807) is 17.6 Å². The summed E-state index contributed by atoms with van der Waals surface area (Å²) in [5, 5.41) is 0. The van der Waals surface area contributed by atoms with Gasteiger partial charge in [-0.1, -0.05) is 13.8 Å². The van der Waals surface area contributed by atoms with Crippen molar-refractivity contribution in [3.63, 3.8) is 0 Å². The highest BCUT2D eigenvalue weighted by Crippen LogP contribution is 2.35. The molecule has 0 aromatic carbocycles. The average molecular weight is 283 g/mol. The molecule has 1 atom stereocenters. The molecule has 0 saturated heterocycles. The van der Waals surface area contributed by atoms with Crippen LogP contribution >= 0.6 is 11.3 Å². The highest BCUT2D eigenvalue weighted by atomic mass is 32.1. The largest absolute Gasteiger partial charge is 0.464 e. The number of aromatic nitrogens is 2. The van der Waals surface area contributed by atoms with Crippen molar-refractivity contribution >= 4 is 11.3 Å². The van der Waals surface area contributed by atoms with Gasteiger partial charge in [0.25, 0.3) is 0 Å². The van der Waals surface area contributed by atoms with Crippen LogP contribution in [0.5, 0.6) is 0 Å². The highest BCUT2D eigenvalue weighted by Gasteiger charge is 2.15. The fourth-order valence-corrected chi connectivity index (χ4v) is 2.68. The zero-order valence-electron chi connectivity index (χ0n) is 11.5. The number of hydrogen-bond donors (Lipinski definition) is 0. The minimum absolute atomic E-state index is 0.412. The third-order valence-corrected chi connectivity index (χ3v) is 4.23. The van der Waals surface area contributed by atoms with Crippen LogP contribution in [0.4, 0.5) is 0 Å². The van der Waals surface area contributed by atoms with Gasteiger partial charge in [-0.05, 0) is 30.5 Å². The van der Waals surface area contributed by atoms with E-state index in [-0.39, 0.29) is 0 Å². The fraction of sp³-hybridized carbons (Fsp3) is 0.250. The predicted molar refractivity (Wildman–Crippen MR) is 80.6 cm³/mol. The third kappa shape index (κ3) is 2.39. The number of nitrogens with zero attached hydrogens (tertiary/aromatic N) is 2. The van der Waals surface area contributed by atoms with Crippen LogP contribution < -0.4 is 0 Å². The SMILES string of the molecule is CCC(C)c1cc(-c2ccco2)c(-c2cncs2)[c]n1. The number of hydrogen-bond acceptors (Lipinski definition) is 4. The van der Waals surface area contributed by atoms with Gasteiger partial charge in [-0.3, -0.25) is 9.97 Å². The van der Waals surface area contributed by atoms with Crippen molar-refractivity contribution in [2.45, 2.75) is 26.2 Å². The molecule has 1 radical (unpaired) electrons. The van der Waals surface area contributed by atoms with Crippen molar-refractivity contribution in [3.8, 4) is 21.8 Å². The van der Waals surface area contributed by atoms with Crippen LogP contribution in [0.25, 0.3) is 21.8 Å². The van der Waals surface area contributed by atoms with E-state index in [2.05, 4.69) is 36.1 Å². The maximum absolute atomic E-state index is 5.56. The quantitative estimate of drug-likeness (QED) is 0.691. The molecular weight excluding hydrogens is 268 g/mol. The summed E-state index contributed by atoms with van der Waals surface area (Å²) in [7, 11) is 0. The molecule has 101 valence electrons. The van der Waals surface area contributed by atoms with Crippen LogP contribution in [-0.2, 0) is 0 Å². The molecule has 0 saturated carbocycles. The van der Waals surface area contributed by atoms with E-state index < -0.39 is 0 Å². The van der Waals surface area contributed by atoms with E-state index in [1.165, 1.54) is 0 Å². The monoisotopic (exact) mass is 283 g/mol. The van der Waals surface area contributed by atoms with Gasteiger partial charge in [-0.15, -0.1) is 11.3 Å². The van der Waals surface area contributed by atoms with Crippen molar-refractivity contribution < 1.29 is 4.42 Å². The lowest BCUT2D eigenvalue weighted by molar-refractivity contribution is 0.582. The Morgan fingerprint density at radius 2 is 2.35 bits per heavy atom. The molecule has 0 N–H and O–H groups in total. The summed E-state index contributed by atoms with van der Waals surface area (Å²) in [6.45, 7) is 4.34. The summed E-state index contributed by atoms with van der Waals surface area (Å²) in [6, 6.07) is 5.97. The minimum Gasteiger partial charge on any atom is -0.464 e. The summed E-state index contributed by atoms with van der Waals surface area (Å²) >= 11 is 1.58. The predicted octanol–water partition coefficient (Wildman–Crippen LogP) is 4.78. The summed E-state index contributed by atoms with van der Waals surface area (Å²) in [4.78, 5) is 9.68. The number of rotatable bonds is 4. The molecule has 0 aliphatic heterocycles. The van der Waals surface area contributed by atoms with E-state index in [1.807, 2.05) is 23.8 Å². The summed E-state index contributed by atoms with van der Waals surface area (Å²) in [5.41, 5.74) is 4.85. The van der Waals surface area contributed by atoms with Gasteiger partial charge < -0.3 is 4.42 Å². The van der Waals surface area contributed by atoms with Gasteiger partial charge in [0.1, 0.15) is 5.76 Å². The molecule has 20 heavy (non-hydrogen) atoms. The molecule has 0 spiro atoms. The van der Waals surface area contributed by atoms with Crippen LogP contribution in [0.2, 0.25) is 0 Å². The molecule has 0 aliphatic rings. The van der Waals surface area contributed by atoms with E-state index in [0.29, 0.717) is 5.92 Å². The van der Waals surface area contributed by atoms with E-state index >= 15 is 0 Å². The molecule has 0 aliphatic carbocycles. The van der Waals surface area contributed by atoms with Crippen molar-refractivity contribution in [1.29, 1.82) is 0 Å². The Morgan fingerprint density at radius 1 is 1.45 bits per heavy atom. The van der Waals surface area contributed by atoms with Crippen molar-refractivity contribution in [3.05, 3.63) is 48.1 Å². The molecule has 0 bridgehead atoms. The Kier molecular flexibility index (Phi) is 3.65. The van der Waals surface area contributed by atoms with Gasteiger partial charge in [-0.25, -0.2) is 0 Å². The Balaban J connectivity index is 2.15. The Bertz CT molecular complexity index is 675. The Labute approximate surface area is 122 Å². The van der Waals surface area contributed by atoms with Gasteiger partial charge in [0, 0.05) is 23.0 Å². The number of thiazole rings is 1. The summed E-state index contributed by atoms with van der Waals surface area (Å²) < 4.78 is 5.56. The van der Waals surface area contributed by atoms with E-state index in [0.717, 1.165) is 33.9 Å². The standard InChI is InChI=1S/C16H15N2OS/c1-3-11(2)14-7-12(15-5-4-6-19-15)13(8-18-14)16-9-17-10-20-16/h4-7,9-11H,3H2,1-2H3. The van der Waals surface area contributed by atoms with Crippen LogP contribution in [0.3, 0.4) is 0 Å². The minimum atomic E-state index is 0.412. The zero-order chi connectivity index (χ0) is 13.9. The van der Waals surface area contributed by atoms with Gasteiger partial charge in [0.2, 0.25) is 0 Å². The lowest BCUT2D eigenvalue weighted by Gasteiger charge is -2.11. The zero-order valence-corrected chi connectivity index (χ0v) is 12.3. The van der Waals surface area contributed by atoms with Crippen LogP contribution in [0, 0.1) is 6.20 Å². The van der Waals surface area contributed by atoms with Gasteiger partial charge in [0.05, 0.1) is 22.8 Å². The van der Waals surface area contributed by atoms with E-state index in [9.17, 15) is 0 Å².